The summed E-state index contributed by atoms with van der Waals surface area (Å²) in [4.78, 5) is 0. The van der Waals surface area contributed by atoms with E-state index in [1.807, 2.05) is 44.2 Å². The number of allylic oxidation sites excluding steroid dienone is 1. The molecule has 1 unspecified atom stereocenters. The number of halogens is 1. The number of rotatable bonds is 1. The minimum absolute atomic E-state index is 0.0772. The lowest BCUT2D eigenvalue weighted by Crippen LogP contribution is -2.55. The van der Waals surface area contributed by atoms with E-state index in [1.54, 1.807) is 0 Å². The van der Waals surface area contributed by atoms with Crippen LogP contribution in [0.3, 0.4) is 0 Å². The van der Waals surface area contributed by atoms with Crippen molar-refractivity contribution in [3.05, 3.63) is 46.5 Å². The molecule has 1 heterocycles. The Bertz CT molecular complexity index is 567. The largest absolute Gasteiger partial charge is 0.390 e. The monoisotopic (exact) mass is 308 g/mol. The number of hydrogen-bond acceptors (Lipinski definition) is 3. The number of ether oxygens (including phenoxy) is 1. The third-order valence-electron chi connectivity index (χ3n) is 4.81. The highest BCUT2D eigenvalue weighted by Crippen LogP contribution is 2.46. The molecule has 0 radical (unpaired) electrons. The van der Waals surface area contributed by atoms with Crippen molar-refractivity contribution in [2.24, 2.45) is 5.92 Å². The Morgan fingerprint density at radius 1 is 1.38 bits per heavy atom. The number of benzene rings is 1. The molecule has 114 valence electrons. The molecule has 21 heavy (non-hydrogen) atoms. The van der Waals surface area contributed by atoms with Crippen molar-refractivity contribution in [2.45, 2.75) is 50.6 Å². The molecule has 3 nitrogen and oxygen atoms in total. The summed E-state index contributed by atoms with van der Waals surface area (Å²) in [6.45, 7) is 3.74. The van der Waals surface area contributed by atoms with Gasteiger partial charge < -0.3 is 14.9 Å². The smallest absolute Gasteiger partial charge is 0.101 e. The molecular weight excluding hydrogens is 288 g/mol. The Kier molecular flexibility index (Phi) is 3.87. The van der Waals surface area contributed by atoms with Crippen LogP contribution in [0.1, 0.15) is 38.4 Å². The number of aliphatic hydroxyl groups is 2. The summed E-state index contributed by atoms with van der Waals surface area (Å²) in [6.07, 6.45) is 1.97. The fourth-order valence-electron chi connectivity index (χ4n) is 3.49. The molecule has 1 aromatic rings. The minimum Gasteiger partial charge on any atom is -0.390 e. The molecule has 1 saturated heterocycles. The summed E-state index contributed by atoms with van der Waals surface area (Å²) < 4.78 is 6.14. The molecule has 3 rings (SSSR count). The molecular formula is C17H21ClO3. The topological polar surface area (TPSA) is 49.7 Å². The van der Waals surface area contributed by atoms with E-state index in [4.69, 9.17) is 16.3 Å². The van der Waals surface area contributed by atoms with Crippen LogP contribution < -0.4 is 0 Å². The zero-order valence-electron chi connectivity index (χ0n) is 12.3. The minimum atomic E-state index is -0.867. The molecule has 1 aromatic carbocycles. The molecule has 1 fully saturated rings. The van der Waals surface area contributed by atoms with E-state index < -0.39 is 11.7 Å². The maximum atomic E-state index is 10.8. The van der Waals surface area contributed by atoms with Crippen molar-refractivity contribution in [3.8, 4) is 0 Å². The van der Waals surface area contributed by atoms with E-state index in [9.17, 15) is 10.2 Å². The van der Waals surface area contributed by atoms with Gasteiger partial charge in [-0.2, -0.15) is 0 Å². The first-order valence-corrected chi connectivity index (χ1v) is 7.74. The van der Waals surface area contributed by atoms with Crippen LogP contribution in [0.2, 0.25) is 5.02 Å². The van der Waals surface area contributed by atoms with Gasteiger partial charge in [0.15, 0.2) is 0 Å². The second-order valence-corrected chi connectivity index (χ2v) is 6.88. The van der Waals surface area contributed by atoms with E-state index in [0.29, 0.717) is 11.4 Å². The quantitative estimate of drug-likeness (QED) is 0.783. The summed E-state index contributed by atoms with van der Waals surface area (Å²) in [5.74, 6) is -0.0772. The van der Waals surface area contributed by atoms with E-state index in [0.717, 1.165) is 17.6 Å². The van der Waals surface area contributed by atoms with Gasteiger partial charge in [-0.3, -0.25) is 0 Å². The third kappa shape index (κ3) is 2.76. The van der Waals surface area contributed by atoms with Crippen LogP contribution in [0.5, 0.6) is 0 Å². The highest BCUT2D eigenvalue weighted by molar-refractivity contribution is 6.30. The normalized spacial score (nSPS) is 39.6. The van der Waals surface area contributed by atoms with Crippen molar-refractivity contribution in [3.63, 3.8) is 0 Å². The van der Waals surface area contributed by atoms with Gasteiger partial charge >= 0.3 is 0 Å². The molecule has 0 spiro atoms. The van der Waals surface area contributed by atoms with Crippen LogP contribution in [0.4, 0.5) is 0 Å². The molecule has 1 aliphatic carbocycles. The second kappa shape index (κ2) is 5.40. The van der Waals surface area contributed by atoms with Gasteiger partial charge in [0, 0.05) is 17.4 Å². The van der Waals surface area contributed by atoms with Gasteiger partial charge in [0.2, 0.25) is 0 Å². The second-order valence-electron chi connectivity index (χ2n) is 6.44. The third-order valence-corrected chi connectivity index (χ3v) is 5.04. The van der Waals surface area contributed by atoms with Crippen LogP contribution in [0, 0.1) is 5.92 Å². The van der Waals surface area contributed by atoms with E-state index in [-0.39, 0.29) is 18.1 Å². The van der Waals surface area contributed by atoms with Crippen LogP contribution in [-0.4, -0.2) is 28.0 Å². The SMILES string of the molecule is CC1=CC[C@@H]2[C@@H](O[C@H](c3cccc(Cl)c3)CC2(C)O)[C@@H]1O. The lowest BCUT2D eigenvalue weighted by Gasteiger charge is -2.49. The molecule has 0 amide bonds. The molecule has 4 heteroatoms. The summed E-state index contributed by atoms with van der Waals surface area (Å²) >= 11 is 6.05. The van der Waals surface area contributed by atoms with E-state index in [1.165, 1.54) is 0 Å². The zero-order chi connectivity index (χ0) is 15.2. The molecule has 0 saturated carbocycles. The molecule has 5 atom stereocenters. The predicted molar refractivity (Wildman–Crippen MR) is 82.2 cm³/mol. The number of fused-ring (bicyclic) bond motifs is 1. The number of hydrogen-bond donors (Lipinski definition) is 2. The van der Waals surface area contributed by atoms with Gasteiger partial charge in [0.05, 0.1) is 17.8 Å². The van der Waals surface area contributed by atoms with E-state index in [2.05, 4.69) is 0 Å². The van der Waals surface area contributed by atoms with Gasteiger partial charge in [-0.05, 0) is 43.5 Å². The highest BCUT2D eigenvalue weighted by atomic mass is 35.5. The van der Waals surface area contributed by atoms with Crippen LogP contribution >= 0.6 is 11.6 Å². The van der Waals surface area contributed by atoms with Gasteiger partial charge in [0.1, 0.15) is 6.10 Å². The van der Waals surface area contributed by atoms with Crippen LogP contribution in [-0.2, 0) is 4.74 Å². The Labute approximate surface area is 130 Å². The molecule has 0 bridgehead atoms. The lowest BCUT2D eigenvalue weighted by atomic mass is 9.70. The fraction of sp³-hybridized carbons (Fsp3) is 0.529. The van der Waals surface area contributed by atoms with Crippen molar-refractivity contribution in [2.75, 3.05) is 0 Å². The number of aliphatic hydroxyl groups excluding tert-OH is 1. The first-order chi connectivity index (χ1) is 9.88. The first kappa shape index (κ1) is 15.0. The lowest BCUT2D eigenvalue weighted by molar-refractivity contribution is -0.206. The fourth-order valence-corrected chi connectivity index (χ4v) is 3.69. The average molecular weight is 309 g/mol. The van der Waals surface area contributed by atoms with Crippen molar-refractivity contribution >= 4 is 11.6 Å². The maximum absolute atomic E-state index is 10.8. The van der Waals surface area contributed by atoms with Crippen LogP contribution in [0.25, 0.3) is 0 Å². The standard InChI is InChI=1S/C17H21ClO3/c1-10-6-7-13-16(15(10)19)21-14(9-17(13,2)20)11-4-3-5-12(18)8-11/h3-6,8,13-16,19-20H,7,9H2,1-2H3/t13-,14+,15-,16-,17?/m1/s1. The van der Waals surface area contributed by atoms with Crippen molar-refractivity contribution in [1.82, 2.24) is 0 Å². The van der Waals surface area contributed by atoms with Gasteiger partial charge in [-0.15, -0.1) is 0 Å². The summed E-state index contributed by atoms with van der Waals surface area (Å²) in [7, 11) is 0. The Hall–Kier alpha value is -0.870. The van der Waals surface area contributed by atoms with E-state index >= 15 is 0 Å². The average Bonchev–Trinajstić information content (AvgIpc) is 2.42. The zero-order valence-corrected chi connectivity index (χ0v) is 13.0. The van der Waals surface area contributed by atoms with Crippen molar-refractivity contribution in [1.29, 1.82) is 0 Å². The maximum Gasteiger partial charge on any atom is 0.101 e. The molecule has 0 aromatic heterocycles. The molecule has 1 aliphatic heterocycles. The molecule has 2 aliphatic rings. The molecule has 2 N–H and O–H groups in total. The van der Waals surface area contributed by atoms with Gasteiger partial charge in [0.25, 0.3) is 0 Å². The Morgan fingerprint density at radius 2 is 2.14 bits per heavy atom. The van der Waals surface area contributed by atoms with Crippen molar-refractivity contribution < 1.29 is 14.9 Å². The highest BCUT2D eigenvalue weighted by Gasteiger charge is 2.49. The summed E-state index contributed by atoms with van der Waals surface area (Å²) in [5.41, 5.74) is 0.994. The summed E-state index contributed by atoms with van der Waals surface area (Å²) in [6, 6.07) is 7.51. The van der Waals surface area contributed by atoms with Crippen LogP contribution in [0.15, 0.2) is 35.9 Å². The Balaban J connectivity index is 1.92. The predicted octanol–water partition coefficient (Wildman–Crippen LogP) is 3.25. The van der Waals surface area contributed by atoms with Gasteiger partial charge in [-0.25, -0.2) is 0 Å². The van der Waals surface area contributed by atoms with Gasteiger partial charge in [-0.1, -0.05) is 29.8 Å². The Morgan fingerprint density at radius 3 is 2.86 bits per heavy atom. The first-order valence-electron chi connectivity index (χ1n) is 7.36. The summed E-state index contributed by atoms with van der Waals surface area (Å²) in [5, 5.41) is 21.9.